The van der Waals surface area contributed by atoms with Gasteiger partial charge in [0, 0.05) is 44.1 Å². The van der Waals surface area contributed by atoms with Crippen molar-refractivity contribution in [2.45, 2.75) is 71.4 Å². The van der Waals surface area contributed by atoms with Gasteiger partial charge in [-0.3, -0.25) is 0 Å². The van der Waals surface area contributed by atoms with Crippen LogP contribution in [0.2, 0.25) is 0 Å². The summed E-state index contributed by atoms with van der Waals surface area (Å²) in [4.78, 5) is 4.40. The van der Waals surface area contributed by atoms with Crippen molar-refractivity contribution in [1.82, 2.24) is 15.6 Å². The zero-order valence-corrected chi connectivity index (χ0v) is 31.6. The Morgan fingerprint density at radius 3 is 2.40 bits per heavy atom. The van der Waals surface area contributed by atoms with Crippen molar-refractivity contribution in [3.63, 3.8) is 0 Å². The number of hydrogen-bond donors (Lipinski definition) is 6. The number of halogens is 3. The van der Waals surface area contributed by atoms with Crippen LogP contribution in [0.1, 0.15) is 74.6 Å². The van der Waals surface area contributed by atoms with Crippen LogP contribution in [0, 0.1) is 5.92 Å². The SMILES string of the molecule is C=C(N)c1cc(N)c2c(c1)CCCCCc1cc(C(=C)NCCCN3CCC(C(F)(F)F)CC3)cc(N)c1NC/C=C/CN2C/C=C/C(C)=N\NCC. The van der Waals surface area contributed by atoms with Gasteiger partial charge in [0.15, 0.2) is 0 Å². The highest BCUT2D eigenvalue weighted by Crippen LogP contribution is 2.35. The maximum Gasteiger partial charge on any atom is 0.391 e. The molecule has 2 aromatic rings. The first-order valence-corrected chi connectivity index (χ1v) is 19.0. The van der Waals surface area contributed by atoms with E-state index in [0.29, 0.717) is 56.3 Å². The number of allylic oxidation sites excluding steroid dienone is 1. The van der Waals surface area contributed by atoms with Gasteiger partial charge in [0.25, 0.3) is 0 Å². The van der Waals surface area contributed by atoms with E-state index in [1.165, 1.54) is 0 Å². The quantitative estimate of drug-likeness (QED) is 0.0441. The molecular weight excluding hydrogens is 676 g/mol. The molecule has 2 heterocycles. The number of benzene rings is 2. The minimum absolute atomic E-state index is 0.179. The number of hydrazone groups is 1. The number of aryl methyl sites for hydroxylation is 2. The number of nitrogen functional groups attached to an aromatic ring is 2. The number of likely N-dealkylation sites (tertiary alicyclic amines) is 1. The van der Waals surface area contributed by atoms with Gasteiger partial charge < -0.3 is 43.1 Å². The van der Waals surface area contributed by atoms with Crippen molar-refractivity contribution in [2.24, 2.45) is 16.8 Å². The maximum atomic E-state index is 13.0. The summed E-state index contributed by atoms with van der Waals surface area (Å²) in [6, 6.07) is 8.17. The van der Waals surface area contributed by atoms with Crippen LogP contribution >= 0.6 is 0 Å². The summed E-state index contributed by atoms with van der Waals surface area (Å²) in [7, 11) is 0. The van der Waals surface area contributed by atoms with E-state index < -0.39 is 12.1 Å². The first-order valence-electron chi connectivity index (χ1n) is 19.0. The summed E-state index contributed by atoms with van der Waals surface area (Å²) in [6.45, 7) is 17.3. The van der Waals surface area contributed by atoms with E-state index in [9.17, 15) is 13.2 Å². The predicted octanol–water partition coefficient (Wildman–Crippen LogP) is 7.29. The Morgan fingerprint density at radius 2 is 1.70 bits per heavy atom. The van der Waals surface area contributed by atoms with Gasteiger partial charge in [-0.2, -0.15) is 18.3 Å². The maximum absolute atomic E-state index is 13.0. The number of rotatable bonds is 12. The van der Waals surface area contributed by atoms with E-state index >= 15 is 0 Å². The molecule has 4 rings (SSSR count). The average Bonchev–Trinajstić information content (AvgIpc) is 3.12. The molecule has 0 atom stereocenters. The van der Waals surface area contributed by atoms with Crippen molar-refractivity contribution in [2.75, 3.05) is 74.0 Å². The van der Waals surface area contributed by atoms with E-state index in [1.807, 2.05) is 32.1 Å². The van der Waals surface area contributed by atoms with Crippen LogP contribution in [-0.4, -0.2) is 69.1 Å². The highest BCUT2D eigenvalue weighted by atomic mass is 19.4. The second-order valence-corrected chi connectivity index (χ2v) is 14.1. The smallest absolute Gasteiger partial charge is 0.391 e. The molecule has 0 spiro atoms. The van der Waals surface area contributed by atoms with Crippen molar-refractivity contribution < 1.29 is 13.2 Å². The van der Waals surface area contributed by atoms with Gasteiger partial charge in [-0.1, -0.05) is 37.8 Å². The van der Waals surface area contributed by atoms with Crippen LogP contribution in [0.15, 0.2) is 66.8 Å². The van der Waals surface area contributed by atoms with Gasteiger partial charge in [-0.15, -0.1) is 0 Å². The lowest BCUT2D eigenvalue weighted by molar-refractivity contribution is -0.185. The molecular formula is C41H60F3N9. The van der Waals surface area contributed by atoms with Crippen LogP contribution in [0.5, 0.6) is 0 Å². The van der Waals surface area contributed by atoms with Gasteiger partial charge in [-0.25, -0.2) is 0 Å². The van der Waals surface area contributed by atoms with Crippen LogP contribution in [0.25, 0.3) is 11.4 Å². The lowest BCUT2D eigenvalue weighted by Crippen LogP contribution is -2.39. The van der Waals surface area contributed by atoms with Crippen LogP contribution < -0.4 is 38.2 Å². The summed E-state index contributed by atoms with van der Waals surface area (Å²) in [5.41, 5.74) is 32.1. The van der Waals surface area contributed by atoms with E-state index in [4.69, 9.17) is 17.2 Å². The molecule has 0 amide bonds. The topological polar surface area (TPSA) is 133 Å². The average molecular weight is 736 g/mol. The molecule has 2 aromatic carbocycles. The Morgan fingerprint density at radius 1 is 1.00 bits per heavy atom. The van der Waals surface area contributed by atoms with Crippen molar-refractivity contribution >= 4 is 39.9 Å². The van der Waals surface area contributed by atoms with Gasteiger partial charge in [0.1, 0.15) is 0 Å². The fourth-order valence-electron chi connectivity index (χ4n) is 7.02. The molecule has 0 saturated carbocycles. The number of nitrogens with zero attached hydrogens (tertiary/aromatic N) is 3. The predicted molar refractivity (Wildman–Crippen MR) is 219 cm³/mol. The largest absolute Gasteiger partial charge is 0.399 e. The number of piperidine rings is 1. The van der Waals surface area contributed by atoms with Crippen molar-refractivity contribution in [1.29, 1.82) is 0 Å². The first-order chi connectivity index (χ1) is 25.4. The number of fused-ring (bicyclic) bond motifs is 2. The van der Waals surface area contributed by atoms with Crippen LogP contribution in [0.4, 0.5) is 35.9 Å². The fraction of sp³-hybridized carbons (Fsp3) is 0.488. The molecule has 2 aliphatic rings. The molecule has 12 heteroatoms. The van der Waals surface area contributed by atoms with E-state index in [2.05, 4.69) is 74.5 Å². The van der Waals surface area contributed by atoms with Crippen LogP contribution in [0.3, 0.4) is 0 Å². The highest BCUT2D eigenvalue weighted by Gasteiger charge is 2.40. The molecule has 9 N–H and O–H groups in total. The molecule has 0 aromatic heterocycles. The Hall–Kier alpha value is -4.58. The number of alkyl halides is 3. The third-order valence-corrected chi connectivity index (χ3v) is 9.92. The summed E-state index contributed by atoms with van der Waals surface area (Å²) >= 11 is 0. The Bertz CT molecular complexity index is 1620. The molecule has 53 heavy (non-hydrogen) atoms. The van der Waals surface area contributed by atoms with E-state index in [-0.39, 0.29) is 12.8 Å². The van der Waals surface area contributed by atoms with Gasteiger partial charge in [0.05, 0.1) is 34.4 Å². The second-order valence-electron chi connectivity index (χ2n) is 14.1. The fourth-order valence-corrected chi connectivity index (χ4v) is 7.02. The lowest BCUT2D eigenvalue weighted by Gasteiger charge is -2.32. The Balaban J connectivity index is 1.45. The zero-order chi connectivity index (χ0) is 38.4. The summed E-state index contributed by atoms with van der Waals surface area (Å²) in [5, 5.41) is 11.3. The molecule has 0 aliphatic carbocycles. The van der Waals surface area contributed by atoms with Gasteiger partial charge in [-0.05, 0) is 131 Å². The number of hydrogen-bond acceptors (Lipinski definition) is 9. The second kappa shape index (κ2) is 20.0. The monoisotopic (exact) mass is 735 g/mol. The summed E-state index contributed by atoms with van der Waals surface area (Å²) in [5.74, 6) is -1.17. The normalized spacial score (nSPS) is 17.6. The van der Waals surface area contributed by atoms with Crippen molar-refractivity contribution in [3.8, 4) is 0 Å². The van der Waals surface area contributed by atoms with Crippen molar-refractivity contribution in [3.05, 3.63) is 84.0 Å². The third-order valence-electron chi connectivity index (χ3n) is 9.92. The molecule has 2 aliphatic heterocycles. The summed E-state index contributed by atoms with van der Waals surface area (Å²) in [6.07, 6.45) is 10.1. The highest BCUT2D eigenvalue weighted by molar-refractivity contribution is 5.92. The molecule has 0 bridgehead atoms. The third kappa shape index (κ3) is 12.5. The van der Waals surface area contributed by atoms with Gasteiger partial charge in [0.2, 0.25) is 0 Å². The zero-order valence-electron chi connectivity index (χ0n) is 31.6. The number of nitrogens with two attached hydrogens (primary N) is 3. The molecule has 1 fully saturated rings. The molecule has 0 unspecified atom stereocenters. The van der Waals surface area contributed by atoms with E-state index in [0.717, 1.165) is 96.7 Å². The molecule has 1 saturated heterocycles. The molecule has 9 nitrogen and oxygen atoms in total. The first kappa shape index (κ1) is 41.2. The van der Waals surface area contributed by atoms with Gasteiger partial charge >= 0.3 is 6.18 Å². The number of anilines is 4. The lowest BCUT2D eigenvalue weighted by atomic mass is 9.96. The Kier molecular flexibility index (Phi) is 15.6. The minimum atomic E-state index is -4.09. The molecule has 0 radical (unpaired) electrons. The van der Waals surface area contributed by atoms with Crippen LogP contribution in [-0.2, 0) is 12.8 Å². The standard InChI is InChI=1S/C41H60F3N9/c1-5-50-51-29(2)13-11-22-53-21-10-9-18-49-39-32(14-7-6-8-15-33-26-34(30(3)45)27-38(47)40(33)53)25-35(28-37(39)46)31(4)48-19-12-20-52-23-16-36(17-24-52)41(42,43)44/h9-11,13,25-28,36,48-50H,3-8,12,14-24,45-47H2,1-2H3/b10-9+,13-11+,51-29-. The summed E-state index contributed by atoms with van der Waals surface area (Å²) < 4.78 is 39.1. The van der Waals surface area contributed by atoms with E-state index in [1.54, 1.807) is 0 Å². The number of nitrogens with one attached hydrogen (secondary N) is 3. The minimum Gasteiger partial charge on any atom is -0.399 e. The molecule has 290 valence electrons. The Labute approximate surface area is 314 Å².